The molecule has 18 heavy (non-hydrogen) atoms. The second-order valence-electron chi connectivity index (χ2n) is 5.10. The lowest BCUT2D eigenvalue weighted by Gasteiger charge is -2.34. The molecule has 0 unspecified atom stereocenters. The van der Waals surface area contributed by atoms with Gasteiger partial charge in [0, 0.05) is 38.4 Å². The molecule has 1 aliphatic heterocycles. The average Bonchev–Trinajstić information content (AvgIpc) is 2.35. The van der Waals surface area contributed by atoms with E-state index in [-0.39, 0.29) is 0 Å². The minimum Gasteiger partial charge on any atom is -0.384 e. The lowest BCUT2D eigenvalue weighted by atomic mass is 10.1. The van der Waals surface area contributed by atoms with Crippen LogP contribution in [0.4, 0.5) is 5.82 Å². The van der Waals surface area contributed by atoms with Gasteiger partial charge in [-0.3, -0.25) is 4.90 Å². The Hall–Kier alpha value is -1.13. The van der Waals surface area contributed by atoms with Crippen LogP contribution in [0.2, 0.25) is 0 Å². The maximum absolute atomic E-state index is 5.68. The molecule has 2 N–H and O–H groups in total. The number of aryl methyl sites for hydroxylation is 1. The summed E-state index contributed by atoms with van der Waals surface area (Å²) in [7, 11) is 0. The third kappa shape index (κ3) is 3.43. The van der Waals surface area contributed by atoms with Gasteiger partial charge in [0.2, 0.25) is 0 Å². The molecular formula is C14H24N4. The highest BCUT2D eigenvalue weighted by Crippen LogP contribution is 2.13. The molecule has 0 aromatic carbocycles. The Labute approximate surface area is 110 Å². The maximum atomic E-state index is 5.68. The van der Waals surface area contributed by atoms with E-state index in [9.17, 15) is 0 Å². The first-order chi connectivity index (χ1) is 8.69. The molecule has 1 fully saturated rings. The number of rotatable bonds is 4. The van der Waals surface area contributed by atoms with Crippen molar-refractivity contribution < 1.29 is 0 Å². The zero-order valence-electron chi connectivity index (χ0n) is 11.5. The van der Waals surface area contributed by atoms with Crippen molar-refractivity contribution in [3.63, 3.8) is 0 Å². The Morgan fingerprint density at radius 2 is 1.83 bits per heavy atom. The first kappa shape index (κ1) is 13.3. The fourth-order valence-corrected chi connectivity index (χ4v) is 2.50. The summed E-state index contributed by atoms with van der Waals surface area (Å²) in [5.74, 6) is 0.615. The summed E-state index contributed by atoms with van der Waals surface area (Å²) in [5, 5.41) is 0. The number of pyridine rings is 1. The van der Waals surface area contributed by atoms with Crippen molar-refractivity contribution in [1.29, 1.82) is 0 Å². The van der Waals surface area contributed by atoms with Crippen molar-refractivity contribution >= 4 is 5.82 Å². The van der Waals surface area contributed by atoms with Crippen LogP contribution in [-0.4, -0.2) is 47.5 Å². The molecule has 1 saturated heterocycles. The molecule has 1 aromatic rings. The van der Waals surface area contributed by atoms with E-state index in [1.165, 1.54) is 31.6 Å². The molecule has 2 heterocycles. The Balaban J connectivity index is 1.87. The van der Waals surface area contributed by atoms with Gasteiger partial charge in [-0.1, -0.05) is 13.0 Å². The van der Waals surface area contributed by atoms with Gasteiger partial charge < -0.3 is 10.6 Å². The van der Waals surface area contributed by atoms with E-state index in [4.69, 9.17) is 5.73 Å². The minimum atomic E-state index is 0.615. The number of hydrogen-bond donors (Lipinski definition) is 1. The second-order valence-corrected chi connectivity index (χ2v) is 5.10. The van der Waals surface area contributed by atoms with E-state index < -0.39 is 0 Å². The summed E-state index contributed by atoms with van der Waals surface area (Å²) in [6.45, 7) is 11.2. The second kappa shape index (κ2) is 6.16. The van der Waals surface area contributed by atoms with Crippen molar-refractivity contribution in [2.24, 2.45) is 0 Å². The van der Waals surface area contributed by atoms with Crippen molar-refractivity contribution in [3.05, 3.63) is 23.4 Å². The highest BCUT2D eigenvalue weighted by molar-refractivity contribution is 5.33. The van der Waals surface area contributed by atoms with Gasteiger partial charge in [-0.2, -0.15) is 0 Å². The fraction of sp³-hybridized carbons (Fsp3) is 0.643. The van der Waals surface area contributed by atoms with Crippen molar-refractivity contribution in [1.82, 2.24) is 14.8 Å². The van der Waals surface area contributed by atoms with E-state index in [0.29, 0.717) is 5.82 Å². The molecule has 1 aliphatic rings. The zero-order chi connectivity index (χ0) is 13.0. The van der Waals surface area contributed by atoms with Crippen LogP contribution in [0.5, 0.6) is 0 Å². The molecule has 0 saturated carbocycles. The largest absolute Gasteiger partial charge is 0.384 e. The van der Waals surface area contributed by atoms with Crippen LogP contribution in [0.1, 0.15) is 24.6 Å². The van der Waals surface area contributed by atoms with Crippen LogP contribution >= 0.6 is 0 Å². The number of nitrogen functional groups attached to an aromatic ring is 1. The van der Waals surface area contributed by atoms with Crippen molar-refractivity contribution in [2.45, 2.75) is 26.8 Å². The van der Waals surface area contributed by atoms with Gasteiger partial charge in [-0.25, -0.2) is 4.98 Å². The van der Waals surface area contributed by atoms with Gasteiger partial charge in [-0.05, 0) is 31.5 Å². The van der Waals surface area contributed by atoms with E-state index in [1.807, 2.05) is 13.0 Å². The molecule has 0 spiro atoms. The Morgan fingerprint density at radius 1 is 1.17 bits per heavy atom. The summed E-state index contributed by atoms with van der Waals surface area (Å²) in [5.41, 5.74) is 8.04. The van der Waals surface area contributed by atoms with Gasteiger partial charge in [-0.15, -0.1) is 0 Å². The van der Waals surface area contributed by atoms with E-state index >= 15 is 0 Å². The maximum Gasteiger partial charge on any atom is 0.123 e. The van der Waals surface area contributed by atoms with Gasteiger partial charge >= 0.3 is 0 Å². The number of hydrogen-bond acceptors (Lipinski definition) is 4. The average molecular weight is 248 g/mol. The van der Waals surface area contributed by atoms with E-state index in [0.717, 1.165) is 25.3 Å². The standard InChI is InChI=1S/C14H24N4/c1-3-6-17-7-9-18(10-8-17)11-13-4-5-14(15)16-12(13)2/h4-5H,3,6-11H2,1-2H3,(H2,15,16). The van der Waals surface area contributed by atoms with Gasteiger partial charge in [0.15, 0.2) is 0 Å². The zero-order valence-corrected chi connectivity index (χ0v) is 11.5. The third-order valence-electron chi connectivity index (χ3n) is 3.62. The fourth-order valence-electron chi connectivity index (χ4n) is 2.50. The minimum absolute atomic E-state index is 0.615. The molecular weight excluding hydrogens is 224 g/mol. The third-order valence-corrected chi connectivity index (χ3v) is 3.62. The number of piperazine rings is 1. The Kier molecular flexibility index (Phi) is 4.55. The molecule has 0 aliphatic carbocycles. The summed E-state index contributed by atoms with van der Waals surface area (Å²) in [4.78, 5) is 9.38. The van der Waals surface area contributed by atoms with Crippen LogP contribution < -0.4 is 5.73 Å². The normalized spacial score (nSPS) is 18.1. The highest BCUT2D eigenvalue weighted by Gasteiger charge is 2.16. The molecule has 100 valence electrons. The van der Waals surface area contributed by atoms with Crippen LogP contribution in [0, 0.1) is 6.92 Å². The van der Waals surface area contributed by atoms with Crippen molar-refractivity contribution in [2.75, 3.05) is 38.5 Å². The van der Waals surface area contributed by atoms with Crippen LogP contribution in [0.3, 0.4) is 0 Å². The molecule has 0 amide bonds. The first-order valence-corrected chi connectivity index (χ1v) is 6.85. The summed E-state index contributed by atoms with van der Waals surface area (Å²) in [6, 6.07) is 4.01. The summed E-state index contributed by atoms with van der Waals surface area (Å²) in [6.07, 6.45) is 1.25. The number of nitrogens with zero attached hydrogens (tertiary/aromatic N) is 3. The molecule has 0 atom stereocenters. The number of anilines is 1. The SMILES string of the molecule is CCCN1CCN(Cc2ccc(N)nc2C)CC1. The topological polar surface area (TPSA) is 45.4 Å². The van der Waals surface area contributed by atoms with Crippen molar-refractivity contribution in [3.8, 4) is 0 Å². The van der Waals surface area contributed by atoms with Gasteiger partial charge in [0.25, 0.3) is 0 Å². The van der Waals surface area contributed by atoms with Gasteiger partial charge in [0.1, 0.15) is 5.82 Å². The highest BCUT2D eigenvalue weighted by atomic mass is 15.3. The lowest BCUT2D eigenvalue weighted by Crippen LogP contribution is -2.46. The van der Waals surface area contributed by atoms with Crippen LogP contribution in [0.15, 0.2) is 12.1 Å². The Bertz CT molecular complexity index is 383. The molecule has 0 bridgehead atoms. The van der Waals surface area contributed by atoms with Crippen LogP contribution in [-0.2, 0) is 6.54 Å². The first-order valence-electron chi connectivity index (χ1n) is 6.85. The Morgan fingerprint density at radius 3 is 2.44 bits per heavy atom. The summed E-state index contributed by atoms with van der Waals surface area (Å²) < 4.78 is 0. The quantitative estimate of drug-likeness (QED) is 0.877. The molecule has 0 radical (unpaired) electrons. The van der Waals surface area contributed by atoms with E-state index in [1.54, 1.807) is 0 Å². The predicted molar refractivity (Wildman–Crippen MR) is 75.4 cm³/mol. The van der Waals surface area contributed by atoms with E-state index in [2.05, 4.69) is 27.8 Å². The molecule has 4 heteroatoms. The number of nitrogens with two attached hydrogens (primary N) is 1. The van der Waals surface area contributed by atoms with Gasteiger partial charge in [0.05, 0.1) is 0 Å². The van der Waals surface area contributed by atoms with Crippen LogP contribution in [0.25, 0.3) is 0 Å². The number of aromatic nitrogens is 1. The summed E-state index contributed by atoms with van der Waals surface area (Å²) >= 11 is 0. The lowest BCUT2D eigenvalue weighted by molar-refractivity contribution is 0.127. The predicted octanol–water partition coefficient (Wildman–Crippen LogP) is 1.50. The monoisotopic (exact) mass is 248 g/mol. The smallest absolute Gasteiger partial charge is 0.123 e. The molecule has 2 rings (SSSR count). The molecule has 4 nitrogen and oxygen atoms in total. The molecule has 1 aromatic heterocycles.